The predicted molar refractivity (Wildman–Crippen MR) is 67.7 cm³/mol. The number of amides is 1. The van der Waals surface area contributed by atoms with Crippen LogP contribution in [0.4, 0.5) is 22.0 Å². The van der Waals surface area contributed by atoms with Gasteiger partial charge in [-0.3, -0.25) is 4.79 Å². The SMILES string of the molecule is CC(CCl)CCCNC(=O)c1c(F)c(F)c(F)c(F)c1F. The molecular weight excluding hydrogens is 317 g/mol. The first kappa shape index (κ1) is 17.7. The molecule has 118 valence electrons. The molecule has 1 N–H and O–H groups in total. The molecule has 0 spiro atoms. The molecule has 0 aliphatic rings. The van der Waals surface area contributed by atoms with Gasteiger partial charge in [-0.05, 0) is 18.8 Å². The Balaban J connectivity index is 2.80. The highest BCUT2D eigenvalue weighted by Crippen LogP contribution is 2.22. The van der Waals surface area contributed by atoms with Gasteiger partial charge >= 0.3 is 0 Å². The van der Waals surface area contributed by atoms with E-state index in [4.69, 9.17) is 11.6 Å². The highest BCUT2D eigenvalue weighted by molar-refractivity contribution is 6.18. The molecule has 1 atom stereocenters. The largest absolute Gasteiger partial charge is 0.352 e. The van der Waals surface area contributed by atoms with E-state index in [0.29, 0.717) is 18.7 Å². The van der Waals surface area contributed by atoms with Crippen molar-refractivity contribution in [3.05, 3.63) is 34.6 Å². The van der Waals surface area contributed by atoms with Crippen molar-refractivity contribution in [1.82, 2.24) is 5.32 Å². The summed E-state index contributed by atoms with van der Waals surface area (Å²) in [4.78, 5) is 11.5. The van der Waals surface area contributed by atoms with Crippen molar-refractivity contribution < 1.29 is 26.7 Å². The van der Waals surface area contributed by atoms with Gasteiger partial charge in [-0.1, -0.05) is 6.92 Å². The maximum Gasteiger partial charge on any atom is 0.257 e. The van der Waals surface area contributed by atoms with Crippen molar-refractivity contribution in [2.45, 2.75) is 19.8 Å². The van der Waals surface area contributed by atoms with Gasteiger partial charge in [-0.15, -0.1) is 11.6 Å². The molecule has 0 saturated heterocycles. The summed E-state index contributed by atoms with van der Waals surface area (Å²) >= 11 is 5.58. The fraction of sp³-hybridized carbons (Fsp3) is 0.462. The Morgan fingerprint density at radius 3 is 2.00 bits per heavy atom. The maximum atomic E-state index is 13.3. The Morgan fingerprint density at radius 1 is 1.05 bits per heavy atom. The molecule has 1 unspecified atom stereocenters. The van der Waals surface area contributed by atoms with Crippen LogP contribution in [0.5, 0.6) is 0 Å². The summed E-state index contributed by atoms with van der Waals surface area (Å²) in [6.45, 7) is 1.92. The standard InChI is InChI=1S/C13H13ClF5NO/c1-6(5-14)3-2-4-20-13(21)7-8(15)10(17)12(19)11(18)9(7)16/h6H,2-5H2,1H3,(H,20,21). The number of hydrogen-bond acceptors (Lipinski definition) is 1. The van der Waals surface area contributed by atoms with Crippen LogP contribution in [-0.4, -0.2) is 18.3 Å². The monoisotopic (exact) mass is 329 g/mol. The molecule has 1 rings (SSSR count). The van der Waals surface area contributed by atoms with Crippen molar-refractivity contribution in [1.29, 1.82) is 0 Å². The summed E-state index contributed by atoms with van der Waals surface area (Å²) in [6.07, 6.45) is 1.12. The van der Waals surface area contributed by atoms with Gasteiger partial charge in [0.2, 0.25) is 5.82 Å². The van der Waals surface area contributed by atoms with Crippen LogP contribution in [0, 0.1) is 35.0 Å². The molecule has 21 heavy (non-hydrogen) atoms. The van der Waals surface area contributed by atoms with Gasteiger partial charge in [0.1, 0.15) is 5.56 Å². The normalized spacial score (nSPS) is 12.3. The Hall–Kier alpha value is -1.37. The highest BCUT2D eigenvalue weighted by Gasteiger charge is 2.29. The lowest BCUT2D eigenvalue weighted by atomic mass is 10.1. The lowest BCUT2D eigenvalue weighted by Gasteiger charge is -2.10. The summed E-state index contributed by atoms with van der Waals surface area (Å²) in [5.74, 6) is -11.6. The number of carbonyl (C=O) groups is 1. The zero-order chi connectivity index (χ0) is 16.2. The van der Waals surface area contributed by atoms with Crippen LogP contribution in [0.25, 0.3) is 0 Å². The Bertz CT molecular complexity index is 509. The van der Waals surface area contributed by atoms with E-state index >= 15 is 0 Å². The van der Waals surface area contributed by atoms with E-state index in [0.717, 1.165) is 0 Å². The van der Waals surface area contributed by atoms with Gasteiger partial charge < -0.3 is 5.32 Å². The third kappa shape index (κ3) is 4.06. The van der Waals surface area contributed by atoms with Gasteiger partial charge in [0, 0.05) is 12.4 Å². The molecule has 1 aromatic carbocycles. The third-order valence-corrected chi connectivity index (χ3v) is 3.39. The molecule has 0 aromatic heterocycles. The first-order valence-corrected chi connectivity index (χ1v) is 6.70. The molecule has 1 amide bonds. The van der Waals surface area contributed by atoms with E-state index in [-0.39, 0.29) is 12.5 Å². The van der Waals surface area contributed by atoms with Crippen molar-refractivity contribution in [3.63, 3.8) is 0 Å². The van der Waals surface area contributed by atoms with E-state index in [1.165, 1.54) is 0 Å². The van der Waals surface area contributed by atoms with Crippen LogP contribution in [0.15, 0.2) is 0 Å². The predicted octanol–water partition coefficient (Wildman–Crippen LogP) is 3.77. The number of hydrogen-bond donors (Lipinski definition) is 1. The summed E-state index contributed by atoms with van der Waals surface area (Å²) in [7, 11) is 0. The maximum absolute atomic E-state index is 13.3. The van der Waals surface area contributed by atoms with Crippen LogP contribution in [0.2, 0.25) is 0 Å². The molecule has 8 heteroatoms. The second kappa shape index (κ2) is 7.59. The summed E-state index contributed by atoms with van der Waals surface area (Å²) in [5.41, 5.74) is -1.48. The minimum absolute atomic E-state index is 0.0412. The number of alkyl halides is 1. The topological polar surface area (TPSA) is 29.1 Å². The van der Waals surface area contributed by atoms with E-state index in [2.05, 4.69) is 5.32 Å². The minimum Gasteiger partial charge on any atom is -0.352 e. The van der Waals surface area contributed by atoms with Crippen molar-refractivity contribution in [3.8, 4) is 0 Å². The van der Waals surface area contributed by atoms with Crippen LogP contribution in [-0.2, 0) is 0 Å². The Morgan fingerprint density at radius 2 is 1.52 bits per heavy atom. The van der Waals surface area contributed by atoms with E-state index < -0.39 is 40.6 Å². The van der Waals surface area contributed by atoms with Crippen LogP contribution in [0.1, 0.15) is 30.1 Å². The van der Waals surface area contributed by atoms with Crippen LogP contribution < -0.4 is 5.32 Å². The zero-order valence-corrected chi connectivity index (χ0v) is 11.8. The van der Waals surface area contributed by atoms with Gasteiger partial charge in [-0.2, -0.15) is 0 Å². The summed E-state index contributed by atoms with van der Waals surface area (Å²) in [6, 6.07) is 0. The zero-order valence-electron chi connectivity index (χ0n) is 11.1. The van der Waals surface area contributed by atoms with E-state index in [1.807, 2.05) is 6.92 Å². The fourth-order valence-corrected chi connectivity index (χ4v) is 1.78. The van der Waals surface area contributed by atoms with Gasteiger partial charge in [0.25, 0.3) is 5.91 Å². The van der Waals surface area contributed by atoms with Gasteiger partial charge in [-0.25, -0.2) is 22.0 Å². The molecule has 0 radical (unpaired) electrons. The number of halogens is 6. The van der Waals surface area contributed by atoms with Crippen molar-refractivity contribution >= 4 is 17.5 Å². The fourth-order valence-electron chi connectivity index (χ4n) is 1.62. The second-order valence-electron chi connectivity index (χ2n) is 4.60. The lowest BCUT2D eigenvalue weighted by Crippen LogP contribution is -2.28. The van der Waals surface area contributed by atoms with Crippen molar-refractivity contribution in [2.75, 3.05) is 12.4 Å². The Kier molecular flexibility index (Phi) is 6.39. The molecule has 0 fully saturated rings. The van der Waals surface area contributed by atoms with E-state index in [1.54, 1.807) is 0 Å². The second-order valence-corrected chi connectivity index (χ2v) is 4.91. The first-order chi connectivity index (χ1) is 9.81. The molecule has 0 heterocycles. The molecule has 0 aliphatic heterocycles. The average Bonchev–Trinajstić information content (AvgIpc) is 2.47. The molecule has 1 aromatic rings. The number of benzene rings is 1. The highest BCUT2D eigenvalue weighted by atomic mass is 35.5. The number of rotatable bonds is 6. The van der Waals surface area contributed by atoms with Gasteiger partial charge in [0.15, 0.2) is 23.3 Å². The summed E-state index contributed by atoms with van der Waals surface area (Å²) < 4.78 is 65.4. The molecule has 0 saturated carbocycles. The van der Waals surface area contributed by atoms with Crippen LogP contribution >= 0.6 is 11.6 Å². The minimum atomic E-state index is -2.29. The van der Waals surface area contributed by atoms with Crippen molar-refractivity contribution in [2.24, 2.45) is 5.92 Å². The Labute approximate surface area is 123 Å². The van der Waals surface area contributed by atoms with Crippen LogP contribution in [0.3, 0.4) is 0 Å². The number of nitrogens with one attached hydrogen (secondary N) is 1. The lowest BCUT2D eigenvalue weighted by molar-refractivity contribution is 0.0941. The third-order valence-electron chi connectivity index (χ3n) is 2.86. The smallest absolute Gasteiger partial charge is 0.257 e. The first-order valence-electron chi connectivity index (χ1n) is 6.16. The van der Waals surface area contributed by atoms with Gasteiger partial charge in [0.05, 0.1) is 0 Å². The van der Waals surface area contributed by atoms with E-state index in [9.17, 15) is 26.7 Å². The number of carbonyl (C=O) groups excluding carboxylic acids is 1. The quantitative estimate of drug-likeness (QED) is 0.278. The average molecular weight is 330 g/mol. The molecule has 0 aliphatic carbocycles. The molecule has 2 nitrogen and oxygen atoms in total. The molecular formula is C13H13ClF5NO. The summed E-state index contributed by atoms with van der Waals surface area (Å²) in [5, 5.41) is 2.12. The molecule has 0 bridgehead atoms.